The van der Waals surface area contributed by atoms with Gasteiger partial charge in [-0.2, -0.15) is 0 Å². The first-order valence-electron chi connectivity index (χ1n) is 4.54. The maximum Gasteiger partial charge on any atom is 0.176 e. The lowest BCUT2D eigenvalue weighted by atomic mass is 10.0. The third-order valence-corrected chi connectivity index (χ3v) is 2.65. The van der Waals surface area contributed by atoms with Crippen LogP contribution >= 0.6 is 0 Å². The molecule has 66 valence electrons. The van der Waals surface area contributed by atoms with Crippen molar-refractivity contribution in [2.75, 3.05) is 0 Å². The van der Waals surface area contributed by atoms with Gasteiger partial charge >= 0.3 is 0 Å². The molecule has 0 spiro atoms. The maximum atomic E-state index is 4.35. The van der Waals surface area contributed by atoms with E-state index in [1.54, 1.807) is 0 Å². The van der Waals surface area contributed by atoms with Crippen LogP contribution in [0.15, 0.2) is 41.6 Å². The highest BCUT2D eigenvalue weighted by atomic mass is 15.4. The molecule has 3 nitrogen and oxygen atoms in total. The van der Waals surface area contributed by atoms with E-state index in [1.165, 1.54) is 0 Å². The highest BCUT2D eigenvalue weighted by Crippen LogP contribution is 2.24. The highest BCUT2D eigenvalue weighted by molar-refractivity contribution is 5.72. The molecule has 1 N–H and O–H groups in total. The third kappa shape index (κ3) is 0.971. The Morgan fingerprint density at radius 1 is 1.15 bits per heavy atom. The zero-order chi connectivity index (χ0) is 8.67. The smallest absolute Gasteiger partial charge is 0.176 e. The summed E-state index contributed by atoms with van der Waals surface area (Å²) in [5.74, 6) is 0. The van der Waals surface area contributed by atoms with Gasteiger partial charge in [0.15, 0.2) is 6.29 Å². The van der Waals surface area contributed by atoms with Crippen LogP contribution in [-0.2, 0) is 0 Å². The molecule has 3 heteroatoms. The number of fused-ring (bicyclic) bond motifs is 3. The molecule has 2 aliphatic heterocycles. The Balaban J connectivity index is 1.95. The van der Waals surface area contributed by atoms with Gasteiger partial charge in [-0.05, 0) is 6.08 Å². The van der Waals surface area contributed by atoms with Crippen LogP contribution in [0.3, 0.4) is 0 Å². The number of aliphatic imine (C=N–C) groups is 1. The molecule has 3 aliphatic rings. The number of rotatable bonds is 0. The topological polar surface area (TPSA) is 27.6 Å². The number of hydrogen-bond acceptors (Lipinski definition) is 3. The van der Waals surface area contributed by atoms with Crippen molar-refractivity contribution in [2.45, 2.75) is 18.4 Å². The van der Waals surface area contributed by atoms with E-state index < -0.39 is 0 Å². The fourth-order valence-corrected chi connectivity index (χ4v) is 2.03. The van der Waals surface area contributed by atoms with Gasteiger partial charge in [0.2, 0.25) is 0 Å². The minimum Gasteiger partial charge on any atom is -0.336 e. The molecule has 0 aromatic rings. The predicted octanol–water partition coefficient (Wildman–Crippen LogP) is 0.636. The standard InChI is InChI=1S/C10H11N3/c1-2-5-9-8(4-1)12-10-11-6-3-7-13(9)10/h1-10,12H. The first kappa shape index (κ1) is 7.09. The van der Waals surface area contributed by atoms with Crippen molar-refractivity contribution in [3.8, 4) is 0 Å². The van der Waals surface area contributed by atoms with Crippen LogP contribution in [0.1, 0.15) is 0 Å². The molecular formula is C10H11N3. The van der Waals surface area contributed by atoms with E-state index in [2.05, 4.69) is 45.7 Å². The van der Waals surface area contributed by atoms with Crippen LogP contribution in [0.25, 0.3) is 0 Å². The largest absolute Gasteiger partial charge is 0.336 e. The molecule has 0 saturated carbocycles. The highest BCUT2D eigenvalue weighted by Gasteiger charge is 2.36. The van der Waals surface area contributed by atoms with Crippen molar-refractivity contribution in [1.29, 1.82) is 0 Å². The molecule has 13 heavy (non-hydrogen) atoms. The van der Waals surface area contributed by atoms with E-state index in [1.807, 2.05) is 12.3 Å². The average Bonchev–Trinajstić information content (AvgIpc) is 2.56. The monoisotopic (exact) mass is 173 g/mol. The van der Waals surface area contributed by atoms with Gasteiger partial charge < -0.3 is 4.90 Å². The van der Waals surface area contributed by atoms with Crippen LogP contribution < -0.4 is 5.32 Å². The average molecular weight is 173 g/mol. The summed E-state index contributed by atoms with van der Waals surface area (Å²) >= 11 is 0. The van der Waals surface area contributed by atoms with Crippen molar-refractivity contribution in [2.24, 2.45) is 4.99 Å². The van der Waals surface area contributed by atoms with Crippen LogP contribution in [0.5, 0.6) is 0 Å². The Bertz CT molecular complexity index is 295. The molecule has 1 saturated heterocycles. The predicted molar refractivity (Wildman–Crippen MR) is 52.3 cm³/mol. The lowest BCUT2D eigenvalue weighted by Gasteiger charge is -2.26. The Labute approximate surface area is 77.1 Å². The van der Waals surface area contributed by atoms with Gasteiger partial charge in [-0.1, -0.05) is 24.3 Å². The number of nitrogens with one attached hydrogen (secondary N) is 1. The van der Waals surface area contributed by atoms with Gasteiger partial charge in [-0.25, -0.2) is 0 Å². The maximum absolute atomic E-state index is 4.35. The summed E-state index contributed by atoms with van der Waals surface area (Å²) in [6, 6.07) is 0.846. The van der Waals surface area contributed by atoms with E-state index >= 15 is 0 Å². The molecule has 1 fully saturated rings. The summed E-state index contributed by atoms with van der Waals surface area (Å²) < 4.78 is 0. The molecule has 3 atom stereocenters. The molecule has 0 aromatic carbocycles. The van der Waals surface area contributed by atoms with Crippen molar-refractivity contribution in [3.05, 3.63) is 36.6 Å². The van der Waals surface area contributed by atoms with Gasteiger partial charge in [0.25, 0.3) is 0 Å². The van der Waals surface area contributed by atoms with E-state index in [4.69, 9.17) is 0 Å². The van der Waals surface area contributed by atoms with Crippen LogP contribution in [0.2, 0.25) is 0 Å². The van der Waals surface area contributed by atoms with E-state index in [0.29, 0.717) is 12.1 Å². The van der Waals surface area contributed by atoms with Gasteiger partial charge in [-0.3, -0.25) is 10.3 Å². The van der Waals surface area contributed by atoms with Gasteiger partial charge in [0.05, 0.1) is 12.1 Å². The SMILES string of the molecule is C1=CC2NC3N=CC=CN3C2C=C1. The minimum atomic E-state index is 0.132. The fourth-order valence-electron chi connectivity index (χ4n) is 2.03. The molecule has 0 bridgehead atoms. The van der Waals surface area contributed by atoms with Crippen LogP contribution in [0, 0.1) is 0 Å². The molecule has 0 aromatic heterocycles. The van der Waals surface area contributed by atoms with Crippen LogP contribution in [-0.4, -0.2) is 29.5 Å². The normalized spacial score (nSPS) is 39.4. The zero-order valence-corrected chi connectivity index (χ0v) is 7.17. The molecule has 0 radical (unpaired) electrons. The third-order valence-electron chi connectivity index (χ3n) is 2.65. The van der Waals surface area contributed by atoms with E-state index in [9.17, 15) is 0 Å². The summed E-state index contributed by atoms with van der Waals surface area (Å²) in [4.78, 5) is 6.59. The second-order valence-corrected chi connectivity index (χ2v) is 3.41. The Morgan fingerprint density at radius 2 is 2.08 bits per heavy atom. The quantitative estimate of drug-likeness (QED) is 0.582. The summed E-state index contributed by atoms with van der Waals surface area (Å²) in [6.07, 6.45) is 14.6. The fraction of sp³-hybridized carbons (Fsp3) is 0.300. The minimum absolute atomic E-state index is 0.132. The van der Waals surface area contributed by atoms with Gasteiger partial charge in [0.1, 0.15) is 0 Å². The molecule has 0 amide bonds. The molecule has 1 aliphatic carbocycles. The Kier molecular flexibility index (Phi) is 1.40. The summed E-state index contributed by atoms with van der Waals surface area (Å²) in [5.41, 5.74) is 0. The second kappa shape index (κ2) is 2.57. The van der Waals surface area contributed by atoms with Crippen molar-refractivity contribution in [3.63, 3.8) is 0 Å². The summed E-state index contributed by atoms with van der Waals surface area (Å²) in [7, 11) is 0. The van der Waals surface area contributed by atoms with Crippen molar-refractivity contribution in [1.82, 2.24) is 10.2 Å². The lowest BCUT2D eigenvalue weighted by molar-refractivity contribution is 0.302. The molecule has 2 heterocycles. The molecular weight excluding hydrogens is 162 g/mol. The Hall–Kier alpha value is -1.35. The molecule has 3 rings (SSSR count). The Morgan fingerprint density at radius 3 is 3.08 bits per heavy atom. The first-order valence-corrected chi connectivity index (χ1v) is 4.54. The number of hydrogen-bond donors (Lipinski definition) is 1. The summed E-state index contributed by atoms with van der Waals surface area (Å²) in [6.45, 7) is 0. The van der Waals surface area contributed by atoms with E-state index in [0.717, 1.165) is 0 Å². The van der Waals surface area contributed by atoms with E-state index in [-0.39, 0.29) is 6.29 Å². The van der Waals surface area contributed by atoms with Gasteiger partial charge in [-0.15, -0.1) is 0 Å². The van der Waals surface area contributed by atoms with Gasteiger partial charge in [0, 0.05) is 12.4 Å². The van der Waals surface area contributed by atoms with Crippen molar-refractivity contribution >= 4 is 6.21 Å². The molecule has 3 unspecified atom stereocenters. The summed E-state index contributed by atoms with van der Waals surface area (Å²) in [5, 5.41) is 3.43. The van der Waals surface area contributed by atoms with Crippen LogP contribution in [0.4, 0.5) is 0 Å². The first-order chi connectivity index (χ1) is 6.45. The second-order valence-electron chi connectivity index (χ2n) is 3.41. The lowest BCUT2D eigenvalue weighted by Crippen LogP contribution is -2.34. The number of nitrogens with zero attached hydrogens (tertiary/aromatic N) is 2. The number of allylic oxidation sites excluding steroid dienone is 3. The van der Waals surface area contributed by atoms with Crippen molar-refractivity contribution < 1.29 is 0 Å². The zero-order valence-electron chi connectivity index (χ0n) is 7.17.